The molecule has 0 rings (SSSR count). The summed E-state index contributed by atoms with van der Waals surface area (Å²) in [6, 6.07) is 0. The summed E-state index contributed by atoms with van der Waals surface area (Å²) in [5.41, 5.74) is -0.640. The fourth-order valence-corrected chi connectivity index (χ4v) is 0.286. The maximum Gasteiger partial charge on any atom is 0.337 e. The summed E-state index contributed by atoms with van der Waals surface area (Å²) in [5.74, 6) is -1.24. The van der Waals surface area contributed by atoms with Gasteiger partial charge in [0.1, 0.15) is 0 Å². The summed E-state index contributed by atoms with van der Waals surface area (Å²) in [5, 5.41) is 0. The summed E-state index contributed by atoms with van der Waals surface area (Å²) >= 11 is 0. The van der Waals surface area contributed by atoms with Crippen LogP contribution in [0.4, 0.5) is 0 Å². The molecule has 0 aromatic rings. The van der Waals surface area contributed by atoms with E-state index >= 15 is 0 Å². The van der Waals surface area contributed by atoms with Crippen LogP contribution in [-0.2, 0) is 14.3 Å². The number of hydrogen-bond donors (Lipinski definition) is 0. The maximum absolute atomic E-state index is 10.9. The first-order valence-electron chi connectivity index (χ1n) is 3.26. The van der Waals surface area contributed by atoms with Crippen LogP contribution >= 0.6 is 0 Å². The largest absolute Gasteiger partial charge is 0.389 e. The average Bonchev–Trinajstić information content (AvgIpc) is 1.85. The fraction of sp³-hybridized carbons (Fsp3) is 0.500. The van der Waals surface area contributed by atoms with Crippen molar-refractivity contribution in [2.45, 2.75) is 20.8 Å². The second-order valence-corrected chi connectivity index (χ2v) is 3.16. The van der Waals surface area contributed by atoms with Crippen molar-refractivity contribution in [3.63, 3.8) is 0 Å². The molecular weight excluding hydrogens is 144 g/mol. The van der Waals surface area contributed by atoms with Crippen molar-refractivity contribution in [3.05, 3.63) is 12.7 Å². The molecule has 3 heteroatoms. The number of esters is 2. The lowest BCUT2D eigenvalue weighted by molar-refractivity contribution is -0.162. The topological polar surface area (TPSA) is 43.4 Å². The highest BCUT2D eigenvalue weighted by atomic mass is 16.6. The number of carbonyl (C=O) groups is 2. The summed E-state index contributed by atoms with van der Waals surface area (Å²) in [7, 11) is 0. The molecule has 0 radical (unpaired) electrons. The van der Waals surface area contributed by atoms with Crippen LogP contribution in [0.2, 0.25) is 0 Å². The van der Waals surface area contributed by atoms with Gasteiger partial charge in [0.2, 0.25) is 0 Å². The number of ether oxygens (including phenoxy) is 1. The molecule has 0 atom stereocenters. The molecule has 0 bridgehead atoms. The van der Waals surface area contributed by atoms with Crippen molar-refractivity contribution in [3.8, 4) is 0 Å². The smallest absolute Gasteiger partial charge is 0.337 e. The molecule has 0 aliphatic rings. The minimum Gasteiger partial charge on any atom is -0.389 e. The second kappa shape index (κ2) is 3.32. The van der Waals surface area contributed by atoms with Crippen LogP contribution < -0.4 is 0 Å². The van der Waals surface area contributed by atoms with E-state index in [2.05, 4.69) is 11.3 Å². The third kappa shape index (κ3) is 3.55. The van der Waals surface area contributed by atoms with Crippen LogP contribution in [0.15, 0.2) is 12.7 Å². The van der Waals surface area contributed by atoms with E-state index in [9.17, 15) is 9.59 Å². The molecule has 0 amide bonds. The molecule has 0 spiro atoms. The van der Waals surface area contributed by atoms with E-state index in [1.165, 1.54) is 0 Å². The lowest BCUT2D eigenvalue weighted by Crippen LogP contribution is -2.24. The molecule has 0 aromatic carbocycles. The normalized spacial score (nSPS) is 10.5. The van der Waals surface area contributed by atoms with Crippen LogP contribution in [0.3, 0.4) is 0 Å². The van der Waals surface area contributed by atoms with E-state index in [-0.39, 0.29) is 0 Å². The first-order valence-corrected chi connectivity index (χ1v) is 3.26. The van der Waals surface area contributed by atoms with E-state index in [0.717, 1.165) is 6.08 Å². The predicted octanol–water partition coefficient (Wildman–Crippen LogP) is 1.29. The number of rotatable bonds is 1. The van der Waals surface area contributed by atoms with Gasteiger partial charge in [-0.25, -0.2) is 4.79 Å². The number of carbonyl (C=O) groups excluding carboxylic acids is 2. The molecule has 11 heavy (non-hydrogen) atoms. The van der Waals surface area contributed by atoms with Gasteiger partial charge in [-0.05, 0) is 20.8 Å². The van der Waals surface area contributed by atoms with E-state index in [4.69, 9.17) is 0 Å². The Morgan fingerprint density at radius 3 is 2.09 bits per heavy atom. The van der Waals surface area contributed by atoms with Crippen molar-refractivity contribution >= 4 is 11.9 Å². The first-order chi connectivity index (χ1) is 4.88. The summed E-state index contributed by atoms with van der Waals surface area (Å²) < 4.78 is 4.37. The molecule has 0 aliphatic carbocycles. The minimum absolute atomic E-state index is 0.539. The SMILES string of the molecule is C=CC(=O)OC(=O)C(C)(C)C. The van der Waals surface area contributed by atoms with Crippen molar-refractivity contribution in [2.75, 3.05) is 0 Å². The van der Waals surface area contributed by atoms with Crippen molar-refractivity contribution in [2.24, 2.45) is 5.41 Å². The fourth-order valence-electron chi connectivity index (χ4n) is 0.286. The van der Waals surface area contributed by atoms with Gasteiger partial charge in [-0.1, -0.05) is 6.58 Å². The van der Waals surface area contributed by atoms with Crippen molar-refractivity contribution < 1.29 is 14.3 Å². The molecule has 3 nitrogen and oxygen atoms in total. The molecule has 0 aromatic heterocycles. The van der Waals surface area contributed by atoms with E-state index < -0.39 is 17.4 Å². The zero-order valence-electron chi connectivity index (χ0n) is 7.01. The molecule has 0 unspecified atom stereocenters. The third-order valence-electron chi connectivity index (χ3n) is 0.972. The molecular formula is C8H12O3. The van der Waals surface area contributed by atoms with E-state index in [0.29, 0.717) is 0 Å². The van der Waals surface area contributed by atoms with Crippen molar-refractivity contribution in [1.29, 1.82) is 0 Å². The Kier molecular flexibility index (Phi) is 2.99. The monoisotopic (exact) mass is 156 g/mol. The average molecular weight is 156 g/mol. The van der Waals surface area contributed by atoms with Gasteiger partial charge in [0.05, 0.1) is 5.41 Å². The summed E-state index contributed by atoms with van der Waals surface area (Å²) in [6.45, 7) is 8.19. The van der Waals surface area contributed by atoms with Gasteiger partial charge >= 0.3 is 11.9 Å². The van der Waals surface area contributed by atoms with Gasteiger partial charge in [0.25, 0.3) is 0 Å². The quantitative estimate of drug-likeness (QED) is 0.326. The standard InChI is InChI=1S/C8H12O3/c1-5-6(9)11-7(10)8(2,3)4/h5H,1H2,2-4H3. The zero-order valence-corrected chi connectivity index (χ0v) is 7.01. The Morgan fingerprint density at radius 1 is 1.36 bits per heavy atom. The van der Waals surface area contributed by atoms with Crippen molar-refractivity contribution in [1.82, 2.24) is 0 Å². The highest BCUT2D eigenvalue weighted by Crippen LogP contribution is 2.14. The van der Waals surface area contributed by atoms with Crippen LogP contribution in [0.1, 0.15) is 20.8 Å². The van der Waals surface area contributed by atoms with Gasteiger partial charge in [0, 0.05) is 6.08 Å². The lowest BCUT2D eigenvalue weighted by Gasteiger charge is -2.13. The van der Waals surface area contributed by atoms with E-state index in [1.54, 1.807) is 20.8 Å². The molecule has 0 fully saturated rings. The first kappa shape index (κ1) is 9.88. The zero-order chi connectivity index (χ0) is 9.07. The second-order valence-electron chi connectivity index (χ2n) is 3.16. The Hall–Kier alpha value is -1.12. The predicted molar refractivity (Wildman–Crippen MR) is 40.8 cm³/mol. The number of hydrogen-bond acceptors (Lipinski definition) is 3. The molecule has 62 valence electrons. The molecule has 0 N–H and O–H groups in total. The van der Waals surface area contributed by atoms with Crippen LogP contribution in [-0.4, -0.2) is 11.9 Å². The molecule has 0 saturated carbocycles. The lowest BCUT2D eigenvalue weighted by atomic mass is 9.97. The van der Waals surface area contributed by atoms with Gasteiger partial charge in [-0.15, -0.1) is 0 Å². The van der Waals surface area contributed by atoms with Crippen LogP contribution in [0.5, 0.6) is 0 Å². The highest BCUT2D eigenvalue weighted by Gasteiger charge is 2.24. The summed E-state index contributed by atoms with van der Waals surface area (Å²) in [4.78, 5) is 21.5. The molecule has 0 heterocycles. The van der Waals surface area contributed by atoms with Gasteiger partial charge < -0.3 is 4.74 Å². The Bertz CT molecular complexity index is 186. The molecule has 0 saturated heterocycles. The minimum atomic E-state index is -0.704. The molecule has 0 aliphatic heterocycles. The highest BCUT2D eigenvalue weighted by molar-refractivity contribution is 5.93. The van der Waals surface area contributed by atoms with E-state index in [1.807, 2.05) is 0 Å². The van der Waals surface area contributed by atoms with Gasteiger partial charge in [0.15, 0.2) is 0 Å². The summed E-state index contributed by atoms with van der Waals surface area (Å²) in [6.07, 6.45) is 0.962. The van der Waals surface area contributed by atoms with Gasteiger partial charge in [-0.2, -0.15) is 0 Å². The Labute approximate surface area is 66.0 Å². The third-order valence-corrected chi connectivity index (χ3v) is 0.972. The Balaban J connectivity index is 4.09. The van der Waals surface area contributed by atoms with Crippen LogP contribution in [0.25, 0.3) is 0 Å². The van der Waals surface area contributed by atoms with Gasteiger partial charge in [-0.3, -0.25) is 4.79 Å². The Morgan fingerprint density at radius 2 is 1.82 bits per heavy atom. The maximum atomic E-state index is 10.9. The van der Waals surface area contributed by atoms with Crippen LogP contribution in [0, 0.1) is 5.41 Å².